The van der Waals surface area contributed by atoms with Crippen LogP contribution in [0.1, 0.15) is 11.7 Å². The van der Waals surface area contributed by atoms with E-state index in [-0.39, 0.29) is 0 Å². The molecular formula is C12H11BrN4OS. The van der Waals surface area contributed by atoms with Crippen LogP contribution in [0.3, 0.4) is 0 Å². The van der Waals surface area contributed by atoms with Crippen LogP contribution >= 0.6 is 28.1 Å². The molecule has 0 spiro atoms. The summed E-state index contributed by atoms with van der Waals surface area (Å²) in [4.78, 5) is 7.38. The third-order valence-electron chi connectivity index (χ3n) is 2.86. The Labute approximate surface area is 122 Å². The molecule has 19 heavy (non-hydrogen) atoms. The fourth-order valence-electron chi connectivity index (χ4n) is 2.01. The summed E-state index contributed by atoms with van der Waals surface area (Å²) in [5.74, 6) is 1.28. The number of H-pyrrole nitrogens is 1. The summed E-state index contributed by atoms with van der Waals surface area (Å²) in [5, 5.41) is 3.78. The van der Waals surface area contributed by atoms with Crippen LogP contribution in [-0.4, -0.2) is 19.7 Å². The molecule has 7 heteroatoms. The van der Waals surface area contributed by atoms with E-state index < -0.39 is 0 Å². The quantitative estimate of drug-likeness (QED) is 0.743. The van der Waals surface area contributed by atoms with E-state index in [1.165, 1.54) is 0 Å². The smallest absolute Gasteiger partial charge is 0.228 e. The average Bonchev–Trinajstić information content (AvgIpc) is 2.89. The van der Waals surface area contributed by atoms with Crippen LogP contribution in [0.2, 0.25) is 0 Å². The van der Waals surface area contributed by atoms with Crippen LogP contribution in [0, 0.1) is 11.7 Å². The van der Waals surface area contributed by atoms with Crippen molar-refractivity contribution in [3.8, 4) is 0 Å². The number of aromatic nitrogens is 4. The molecule has 1 aromatic carbocycles. The molecule has 1 N–H and O–H groups in total. The van der Waals surface area contributed by atoms with Crippen molar-refractivity contribution in [2.45, 2.75) is 19.9 Å². The Kier molecular flexibility index (Phi) is 3.24. The summed E-state index contributed by atoms with van der Waals surface area (Å²) in [7, 11) is 0. The number of aromatic amines is 1. The van der Waals surface area contributed by atoms with Gasteiger partial charge in [0, 0.05) is 17.4 Å². The molecule has 0 saturated carbocycles. The molecule has 0 fully saturated rings. The first-order valence-corrected chi connectivity index (χ1v) is 7.01. The number of imidazole rings is 1. The zero-order valence-electron chi connectivity index (χ0n) is 10.2. The van der Waals surface area contributed by atoms with Gasteiger partial charge >= 0.3 is 0 Å². The lowest BCUT2D eigenvalue weighted by Gasteiger charge is -2.01. The second kappa shape index (κ2) is 4.90. The van der Waals surface area contributed by atoms with Gasteiger partial charge in [-0.1, -0.05) is 21.1 Å². The Hall–Kier alpha value is -1.47. The summed E-state index contributed by atoms with van der Waals surface area (Å²) in [6.07, 6.45) is 0.665. The molecule has 3 aromatic rings. The second-order valence-corrected chi connectivity index (χ2v) is 5.53. The van der Waals surface area contributed by atoms with Crippen molar-refractivity contribution >= 4 is 39.2 Å². The Morgan fingerprint density at radius 3 is 3.05 bits per heavy atom. The number of halogens is 1. The van der Waals surface area contributed by atoms with E-state index in [9.17, 15) is 0 Å². The minimum absolute atomic E-state index is 0.630. The lowest BCUT2D eigenvalue weighted by Crippen LogP contribution is -2.01. The van der Waals surface area contributed by atoms with Gasteiger partial charge in [-0.2, -0.15) is 4.98 Å². The third-order valence-corrected chi connectivity index (χ3v) is 3.67. The standard InChI is InChI=1S/C12H11BrN4OS/c1-7-14-11(18-16-7)4-5-17-10-3-2-8(13)6-9(10)15-12(17)19/h2-3,6H,4-5H2,1H3,(H,15,19). The van der Waals surface area contributed by atoms with E-state index in [0.717, 1.165) is 15.5 Å². The van der Waals surface area contributed by atoms with Crippen LogP contribution in [0.5, 0.6) is 0 Å². The number of nitrogens with one attached hydrogen (secondary N) is 1. The molecule has 2 aromatic heterocycles. The van der Waals surface area contributed by atoms with Gasteiger partial charge in [-0.05, 0) is 37.3 Å². The lowest BCUT2D eigenvalue weighted by molar-refractivity contribution is 0.369. The highest BCUT2D eigenvalue weighted by atomic mass is 79.9. The highest BCUT2D eigenvalue weighted by Crippen LogP contribution is 2.19. The van der Waals surface area contributed by atoms with Crippen molar-refractivity contribution in [1.82, 2.24) is 19.7 Å². The van der Waals surface area contributed by atoms with Crippen LogP contribution in [0.25, 0.3) is 11.0 Å². The number of hydrogen-bond donors (Lipinski definition) is 1. The van der Waals surface area contributed by atoms with Crippen molar-refractivity contribution in [3.05, 3.63) is 39.2 Å². The maximum absolute atomic E-state index is 5.34. The molecule has 98 valence electrons. The number of aryl methyl sites for hydroxylation is 3. The van der Waals surface area contributed by atoms with Crippen LogP contribution < -0.4 is 0 Å². The first-order chi connectivity index (χ1) is 9.13. The van der Waals surface area contributed by atoms with Crippen LogP contribution in [0.4, 0.5) is 0 Å². The highest BCUT2D eigenvalue weighted by molar-refractivity contribution is 9.10. The molecule has 0 unspecified atom stereocenters. The molecule has 0 radical (unpaired) electrons. The van der Waals surface area contributed by atoms with E-state index in [4.69, 9.17) is 16.7 Å². The van der Waals surface area contributed by atoms with Gasteiger partial charge in [0.2, 0.25) is 5.89 Å². The lowest BCUT2D eigenvalue weighted by atomic mass is 10.3. The Bertz CT molecular complexity index is 788. The van der Waals surface area contributed by atoms with Gasteiger partial charge < -0.3 is 14.1 Å². The molecular weight excluding hydrogens is 328 g/mol. The largest absolute Gasteiger partial charge is 0.339 e. The Morgan fingerprint density at radius 2 is 2.32 bits per heavy atom. The third kappa shape index (κ3) is 2.48. The summed E-state index contributed by atoms with van der Waals surface area (Å²) < 4.78 is 8.87. The van der Waals surface area contributed by atoms with Gasteiger partial charge in [-0.25, -0.2) is 0 Å². The average molecular weight is 339 g/mol. The minimum Gasteiger partial charge on any atom is -0.339 e. The molecule has 5 nitrogen and oxygen atoms in total. The van der Waals surface area contributed by atoms with Crippen molar-refractivity contribution in [3.63, 3.8) is 0 Å². The monoisotopic (exact) mass is 338 g/mol. The fourth-order valence-corrected chi connectivity index (χ4v) is 2.67. The second-order valence-electron chi connectivity index (χ2n) is 4.23. The number of rotatable bonds is 3. The normalized spacial score (nSPS) is 11.3. The minimum atomic E-state index is 0.630. The van der Waals surface area contributed by atoms with Gasteiger partial charge in [-0.15, -0.1) is 0 Å². The molecule has 0 amide bonds. The molecule has 0 aliphatic carbocycles. The first-order valence-electron chi connectivity index (χ1n) is 5.81. The SMILES string of the molecule is Cc1noc(CCn2c(=S)[nH]c3cc(Br)ccc32)n1. The van der Waals surface area contributed by atoms with Crippen molar-refractivity contribution in [2.75, 3.05) is 0 Å². The Morgan fingerprint density at radius 1 is 1.47 bits per heavy atom. The van der Waals surface area contributed by atoms with E-state index >= 15 is 0 Å². The zero-order valence-corrected chi connectivity index (χ0v) is 12.6. The predicted octanol–water partition coefficient (Wildman–Crippen LogP) is 3.40. The zero-order chi connectivity index (χ0) is 13.4. The molecule has 0 aliphatic heterocycles. The topological polar surface area (TPSA) is 59.6 Å². The first kappa shape index (κ1) is 12.6. The van der Waals surface area contributed by atoms with E-state index in [1.807, 2.05) is 29.7 Å². The maximum Gasteiger partial charge on any atom is 0.228 e. The molecule has 2 heterocycles. The van der Waals surface area contributed by atoms with Gasteiger partial charge in [-0.3, -0.25) is 0 Å². The summed E-state index contributed by atoms with van der Waals surface area (Å²) in [5.41, 5.74) is 2.09. The van der Waals surface area contributed by atoms with E-state index in [2.05, 4.69) is 31.1 Å². The number of fused-ring (bicyclic) bond motifs is 1. The van der Waals surface area contributed by atoms with Gasteiger partial charge in [0.15, 0.2) is 10.6 Å². The van der Waals surface area contributed by atoms with Crippen LogP contribution in [-0.2, 0) is 13.0 Å². The number of nitrogens with zero attached hydrogens (tertiary/aromatic N) is 3. The van der Waals surface area contributed by atoms with Gasteiger partial charge in [0.1, 0.15) is 0 Å². The van der Waals surface area contributed by atoms with Crippen molar-refractivity contribution in [1.29, 1.82) is 0 Å². The maximum atomic E-state index is 5.34. The molecule has 0 aliphatic rings. The summed E-state index contributed by atoms with van der Waals surface area (Å²) in [6.45, 7) is 2.52. The van der Waals surface area contributed by atoms with Crippen molar-refractivity contribution < 1.29 is 4.52 Å². The molecule has 0 atom stereocenters. The van der Waals surface area contributed by atoms with E-state index in [0.29, 0.717) is 29.5 Å². The van der Waals surface area contributed by atoms with Crippen molar-refractivity contribution in [2.24, 2.45) is 0 Å². The van der Waals surface area contributed by atoms with Crippen LogP contribution in [0.15, 0.2) is 27.2 Å². The van der Waals surface area contributed by atoms with E-state index in [1.54, 1.807) is 0 Å². The predicted molar refractivity (Wildman–Crippen MR) is 77.6 cm³/mol. The number of benzene rings is 1. The van der Waals surface area contributed by atoms with Gasteiger partial charge in [0.25, 0.3) is 0 Å². The fraction of sp³-hybridized carbons (Fsp3) is 0.250. The molecule has 0 saturated heterocycles. The Balaban J connectivity index is 1.92. The number of hydrogen-bond acceptors (Lipinski definition) is 4. The molecule has 3 rings (SSSR count). The molecule has 0 bridgehead atoms. The van der Waals surface area contributed by atoms with Gasteiger partial charge in [0.05, 0.1) is 11.0 Å². The summed E-state index contributed by atoms with van der Waals surface area (Å²) in [6, 6.07) is 6.04. The summed E-state index contributed by atoms with van der Waals surface area (Å²) >= 11 is 8.79. The highest BCUT2D eigenvalue weighted by Gasteiger charge is 2.07.